The van der Waals surface area contributed by atoms with E-state index in [9.17, 15) is 24.9 Å². The van der Waals surface area contributed by atoms with E-state index in [0.717, 1.165) is 24.8 Å². The predicted octanol–water partition coefficient (Wildman–Crippen LogP) is 2.39. The highest BCUT2D eigenvalue weighted by Gasteiger charge is 2.73. The van der Waals surface area contributed by atoms with E-state index in [1.54, 1.807) is 6.07 Å². The molecule has 6 heteroatoms. The summed E-state index contributed by atoms with van der Waals surface area (Å²) in [4.78, 5) is 25.1. The maximum Gasteiger partial charge on any atom is 0.335 e. The van der Waals surface area contributed by atoms with E-state index in [-0.39, 0.29) is 41.0 Å². The molecule has 5 rings (SSSR count). The average Bonchev–Trinajstić information content (AvgIpc) is 3.00. The Morgan fingerprint density at radius 2 is 1.80 bits per heavy atom. The number of ketones is 1. The van der Waals surface area contributed by atoms with Gasteiger partial charge in [0.1, 0.15) is 6.10 Å². The quantitative estimate of drug-likeness (QED) is 0.649. The van der Waals surface area contributed by atoms with Crippen LogP contribution in [-0.4, -0.2) is 38.9 Å². The standard InChI is InChI=1S/C24H32O6/c1-22-9-7-15(25)11-14(22)4-5-17-19(22)20(27)21(28)23(2)16(8-10-24(17,23)29)13-3-6-18(26)30-12-13/h3,6,12,14-17,19,21,25,28-29H,4-5,7-11H2,1-2H3/t14?,15?,16?,17?,19?,21?,22-,23-,24-/m0/s1. The van der Waals surface area contributed by atoms with Crippen LogP contribution in [0.2, 0.25) is 0 Å². The van der Waals surface area contributed by atoms with Crippen molar-refractivity contribution in [2.24, 2.45) is 28.6 Å². The van der Waals surface area contributed by atoms with Crippen molar-refractivity contribution in [3.05, 3.63) is 34.4 Å². The van der Waals surface area contributed by atoms with Gasteiger partial charge in [0.2, 0.25) is 0 Å². The second-order valence-electron chi connectivity index (χ2n) is 10.8. The Hall–Kier alpha value is -1.50. The Labute approximate surface area is 176 Å². The summed E-state index contributed by atoms with van der Waals surface area (Å²) in [6.07, 6.45) is 4.71. The monoisotopic (exact) mass is 416 g/mol. The molecule has 4 saturated carbocycles. The number of Topliss-reactive ketones (excluding diaryl/α,β-unsaturated/α-hetero) is 1. The fraction of sp³-hybridized carbons (Fsp3) is 0.750. The van der Waals surface area contributed by atoms with E-state index in [2.05, 4.69) is 6.92 Å². The molecule has 0 aliphatic heterocycles. The van der Waals surface area contributed by atoms with E-state index in [4.69, 9.17) is 4.42 Å². The number of rotatable bonds is 1. The summed E-state index contributed by atoms with van der Waals surface area (Å²) < 4.78 is 5.07. The van der Waals surface area contributed by atoms with Gasteiger partial charge in [0, 0.05) is 17.4 Å². The number of aliphatic hydroxyl groups excluding tert-OH is 2. The molecule has 0 amide bonds. The molecule has 0 saturated heterocycles. The third kappa shape index (κ3) is 2.41. The maximum absolute atomic E-state index is 13.7. The van der Waals surface area contributed by atoms with Gasteiger partial charge in [-0.05, 0) is 79.7 Å². The molecular formula is C24H32O6. The van der Waals surface area contributed by atoms with E-state index in [1.807, 2.05) is 6.92 Å². The van der Waals surface area contributed by atoms with Crippen LogP contribution in [0.25, 0.3) is 0 Å². The maximum atomic E-state index is 13.7. The topological polar surface area (TPSA) is 108 Å². The van der Waals surface area contributed by atoms with Gasteiger partial charge >= 0.3 is 5.63 Å². The molecule has 9 atom stereocenters. The minimum absolute atomic E-state index is 0.153. The van der Waals surface area contributed by atoms with Gasteiger partial charge in [-0.15, -0.1) is 0 Å². The molecule has 6 nitrogen and oxygen atoms in total. The second kappa shape index (κ2) is 6.50. The number of fused-ring (bicyclic) bond motifs is 5. The molecule has 4 fully saturated rings. The molecular weight excluding hydrogens is 384 g/mol. The summed E-state index contributed by atoms with van der Waals surface area (Å²) in [5.74, 6) is -0.752. The van der Waals surface area contributed by atoms with Crippen molar-refractivity contribution in [2.45, 2.75) is 82.5 Å². The first-order valence-electron chi connectivity index (χ1n) is 11.3. The highest BCUT2D eigenvalue weighted by Crippen LogP contribution is 2.69. The van der Waals surface area contributed by atoms with E-state index < -0.39 is 22.7 Å². The Kier molecular flexibility index (Phi) is 4.42. The van der Waals surface area contributed by atoms with Crippen LogP contribution in [0.3, 0.4) is 0 Å². The van der Waals surface area contributed by atoms with Gasteiger partial charge in [-0.1, -0.05) is 13.8 Å². The fourth-order valence-electron chi connectivity index (χ4n) is 8.09. The lowest BCUT2D eigenvalue weighted by Gasteiger charge is -2.63. The first kappa shape index (κ1) is 20.4. The normalized spacial score (nSPS) is 50.5. The number of hydrogen-bond acceptors (Lipinski definition) is 6. The summed E-state index contributed by atoms with van der Waals surface area (Å²) >= 11 is 0. The molecule has 1 aromatic heterocycles. The van der Waals surface area contributed by atoms with E-state index in [0.29, 0.717) is 25.7 Å². The van der Waals surface area contributed by atoms with Crippen molar-refractivity contribution in [3.63, 3.8) is 0 Å². The van der Waals surface area contributed by atoms with Crippen LogP contribution in [0.15, 0.2) is 27.6 Å². The smallest absolute Gasteiger partial charge is 0.335 e. The van der Waals surface area contributed by atoms with Crippen LogP contribution < -0.4 is 5.63 Å². The van der Waals surface area contributed by atoms with E-state index >= 15 is 0 Å². The van der Waals surface area contributed by atoms with Crippen molar-refractivity contribution in [2.75, 3.05) is 0 Å². The van der Waals surface area contributed by atoms with Crippen molar-refractivity contribution < 1.29 is 24.5 Å². The third-order valence-electron chi connectivity index (χ3n) is 9.80. The molecule has 0 spiro atoms. The van der Waals surface area contributed by atoms with Gasteiger partial charge in [0.15, 0.2) is 5.78 Å². The summed E-state index contributed by atoms with van der Waals surface area (Å²) in [5, 5.41) is 33.7. The van der Waals surface area contributed by atoms with Crippen LogP contribution in [0.4, 0.5) is 0 Å². The number of aliphatic hydroxyl groups is 3. The molecule has 3 N–H and O–H groups in total. The Bertz CT molecular complexity index is 904. The van der Waals surface area contributed by atoms with Crippen molar-refractivity contribution >= 4 is 5.78 Å². The third-order valence-corrected chi connectivity index (χ3v) is 9.80. The molecule has 1 heterocycles. The van der Waals surface area contributed by atoms with Crippen molar-refractivity contribution in [1.29, 1.82) is 0 Å². The van der Waals surface area contributed by atoms with Crippen LogP contribution in [-0.2, 0) is 4.79 Å². The lowest BCUT2D eigenvalue weighted by molar-refractivity contribution is -0.230. The lowest BCUT2D eigenvalue weighted by atomic mass is 9.42. The van der Waals surface area contributed by atoms with Crippen molar-refractivity contribution in [3.8, 4) is 0 Å². The zero-order valence-electron chi connectivity index (χ0n) is 17.7. The van der Waals surface area contributed by atoms with Crippen molar-refractivity contribution in [1.82, 2.24) is 0 Å². The molecule has 4 aliphatic rings. The van der Waals surface area contributed by atoms with E-state index in [1.165, 1.54) is 12.3 Å². The van der Waals surface area contributed by atoms with Crippen LogP contribution in [0.1, 0.15) is 70.3 Å². The summed E-state index contributed by atoms with van der Waals surface area (Å²) in [7, 11) is 0. The molecule has 0 radical (unpaired) electrons. The first-order chi connectivity index (χ1) is 14.1. The molecule has 4 aliphatic carbocycles. The van der Waals surface area contributed by atoms with Gasteiger partial charge in [-0.25, -0.2) is 4.79 Å². The van der Waals surface area contributed by atoms with Crippen LogP contribution in [0, 0.1) is 28.6 Å². The Morgan fingerprint density at radius 3 is 2.50 bits per heavy atom. The van der Waals surface area contributed by atoms with Crippen LogP contribution in [0.5, 0.6) is 0 Å². The minimum Gasteiger partial charge on any atom is -0.431 e. The molecule has 0 bridgehead atoms. The summed E-state index contributed by atoms with van der Waals surface area (Å²) in [6.45, 7) is 3.98. The zero-order chi connectivity index (χ0) is 21.5. The molecule has 30 heavy (non-hydrogen) atoms. The lowest BCUT2D eigenvalue weighted by Crippen LogP contribution is -2.70. The number of hydrogen-bond donors (Lipinski definition) is 3. The first-order valence-corrected chi connectivity index (χ1v) is 11.3. The zero-order valence-corrected chi connectivity index (χ0v) is 17.7. The van der Waals surface area contributed by atoms with Crippen LogP contribution >= 0.6 is 0 Å². The highest BCUT2D eigenvalue weighted by molar-refractivity contribution is 5.89. The SMILES string of the molecule is C[C@]12CCC(O)CC1CCC1C2C(=O)C(O)[C@]2(C)C(c3ccc(=O)oc3)CC[C@]12O. The molecule has 1 aromatic rings. The molecule has 164 valence electrons. The van der Waals surface area contributed by atoms with Gasteiger partial charge in [-0.2, -0.15) is 0 Å². The fourth-order valence-corrected chi connectivity index (χ4v) is 8.09. The van der Waals surface area contributed by atoms with Gasteiger partial charge < -0.3 is 19.7 Å². The molecule has 0 aromatic carbocycles. The predicted molar refractivity (Wildman–Crippen MR) is 109 cm³/mol. The molecule has 6 unspecified atom stereocenters. The minimum atomic E-state index is -1.27. The number of carbonyl (C=O) groups is 1. The summed E-state index contributed by atoms with van der Waals surface area (Å²) in [5.41, 5.74) is -2.17. The number of carbonyl (C=O) groups excluding carboxylic acids is 1. The average molecular weight is 417 g/mol. The largest absolute Gasteiger partial charge is 0.431 e. The van der Waals surface area contributed by atoms with Gasteiger partial charge in [0.25, 0.3) is 0 Å². The Morgan fingerprint density at radius 1 is 1.03 bits per heavy atom. The highest BCUT2D eigenvalue weighted by atomic mass is 16.4. The van der Waals surface area contributed by atoms with Gasteiger partial charge in [0.05, 0.1) is 18.0 Å². The second-order valence-corrected chi connectivity index (χ2v) is 10.8. The van der Waals surface area contributed by atoms with Gasteiger partial charge in [-0.3, -0.25) is 4.79 Å². The summed E-state index contributed by atoms with van der Waals surface area (Å²) in [6, 6.07) is 3.05. The Balaban J connectivity index is 1.58.